The zero-order valence-electron chi connectivity index (χ0n) is 18.5. The molecule has 0 radical (unpaired) electrons. The SMILES string of the molecule is CC(C)(C)OC(=O)CN(Cc1ccccc1)Cc1ccc2c(NC(N)=NCl)cncc2c1. The number of benzene rings is 2. The number of esters is 1. The predicted molar refractivity (Wildman–Crippen MR) is 129 cm³/mol. The van der Waals surface area contributed by atoms with Gasteiger partial charge < -0.3 is 15.8 Å². The third kappa shape index (κ3) is 6.93. The van der Waals surface area contributed by atoms with Crippen molar-refractivity contribution in [3.63, 3.8) is 0 Å². The molecule has 0 spiro atoms. The number of halogens is 1. The third-order valence-electron chi connectivity index (χ3n) is 4.61. The maximum absolute atomic E-state index is 12.5. The lowest BCUT2D eigenvalue weighted by Crippen LogP contribution is -2.34. The van der Waals surface area contributed by atoms with Gasteiger partial charge in [0.1, 0.15) is 5.60 Å². The average Bonchev–Trinajstić information content (AvgIpc) is 2.73. The summed E-state index contributed by atoms with van der Waals surface area (Å²) >= 11 is 5.42. The van der Waals surface area contributed by atoms with Crippen LogP contribution in [-0.2, 0) is 22.6 Å². The van der Waals surface area contributed by atoms with Crippen LogP contribution < -0.4 is 11.1 Å². The first-order valence-corrected chi connectivity index (χ1v) is 10.6. The van der Waals surface area contributed by atoms with E-state index >= 15 is 0 Å². The Morgan fingerprint density at radius 2 is 1.84 bits per heavy atom. The molecule has 3 aromatic rings. The van der Waals surface area contributed by atoms with Gasteiger partial charge in [0.25, 0.3) is 0 Å². The number of carbonyl (C=O) groups excluding carboxylic acids is 1. The van der Waals surface area contributed by atoms with Gasteiger partial charge in [-0.2, -0.15) is 0 Å². The summed E-state index contributed by atoms with van der Waals surface area (Å²) in [5.74, 6) is -0.158. The molecule has 0 atom stereocenters. The number of ether oxygens (including phenoxy) is 1. The molecule has 8 heteroatoms. The molecule has 32 heavy (non-hydrogen) atoms. The molecule has 0 aliphatic heterocycles. The lowest BCUT2D eigenvalue weighted by molar-refractivity contribution is -0.156. The molecule has 0 amide bonds. The monoisotopic (exact) mass is 453 g/mol. The standard InChI is InChI=1S/C24H28ClN5O2/c1-24(2,3)32-22(31)16-30(14-17-7-5-4-6-8-17)15-18-9-10-20-19(11-18)12-27-13-21(20)28-23(26)29-25/h4-13H,14-16H2,1-3H3,(H3,26,28,29). The van der Waals surface area contributed by atoms with Crippen molar-refractivity contribution < 1.29 is 9.53 Å². The third-order valence-corrected chi connectivity index (χ3v) is 4.79. The number of nitrogens with two attached hydrogens (primary N) is 1. The minimum absolute atomic E-state index is 0.0939. The van der Waals surface area contributed by atoms with E-state index in [0.717, 1.165) is 21.9 Å². The van der Waals surface area contributed by atoms with Crippen LogP contribution in [0.15, 0.2) is 65.4 Å². The molecule has 7 nitrogen and oxygen atoms in total. The average molecular weight is 454 g/mol. The summed E-state index contributed by atoms with van der Waals surface area (Å²) in [5, 5.41) is 4.81. The maximum Gasteiger partial charge on any atom is 0.320 e. The minimum atomic E-state index is -0.526. The van der Waals surface area contributed by atoms with Crippen LogP contribution >= 0.6 is 11.8 Å². The van der Waals surface area contributed by atoms with E-state index in [1.165, 1.54) is 0 Å². The van der Waals surface area contributed by atoms with Gasteiger partial charge in [0, 0.05) is 41.8 Å². The Morgan fingerprint density at radius 3 is 2.53 bits per heavy atom. The highest BCUT2D eigenvalue weighted by Gasteiger charge is 2.19. The first kappa shape index (κ1) is 23.5. The molecule has 0 fully saturated rings. The lowest BCUT2D eigenvalue weighted by atomic mass is 10.1. The first-order valence-electron chi connectivity index (χ1n) is 10.3. The number of aromatic nitrogens is 1. The number of fused-ring (bicyclic) bond motifs is 1. The predicted octanol–water partition coefficient (Wildman–Crippen LogP) is 4.46. The zero-order chi connectivity index (χ0) is 23.1. The summed E-state index contributed by atoms with van der Waals surface area (Å²) in [6.07, 6.45) is 3.45. The normalized spacial score (nSPS) is 12.2. The van der Waals surface area contributed by atoms with Gasteiger partial charge in [0.15, 0.2) is 0 Å². The topological polar surface area (TPSA) is 92.8 Å². The highest BCUT2D eigenvalue weighted by Crippen LogP contribution is 2.24. The highest BCUT2D eigenvalue weighted by molar-refractivity contribution is 6.21. The highest BCUT2D eigenvalue weighted by atomic mass is 35.5. The minimum Gasteiger partial charge on any atom is -0.459 e. The van der Waals surface area contributed by atoms with Crippen LogP contribution in [0.25, 0.3) is 10.8 Å². The molecule has 0 saturated carbocycles. The fourth-order valence-electron chi connectivity index (χ4n) is 3.41. The van der Waals surface area contributed by atoms with Gasteiger partial charge in [-0.15, -0.1) is 4.51 Å². The molecule has 0 saturated heterocycles. The largest absolute Gasteiger partial charge is 0.459 e. The number of guanidine groups is 1. The van der Waals surface area contributed by atoms with Crippen LogP contribution in [0.4, 0.5) is 5.69 Å². The number of hydrogen-bond donors (Lipinski definition) is 2. The lowest BCUT2D eigenvalue weighted by Gasteiger charge is -2.25. The molecule has 0 unspecified atom stereocenters. The molecule has 168 valence electrons. The Bertz CT molecular complexity index is 1100. The van der Waals surface area contributed by atoms with Gasteiger partial charge in [-0.05, 0) is 38.0 Å². The van der Waals surface area contributed by atoms with Crippen LogP contribution in [0, 0.1) is 0 Å². The number of hydrogen-bond acceptors (Lipinski definition) is 5. The Morgan fingerprint density at radius 1 is 1.12 bits per heavy atom. The van der Waals surface area contributed by atoms with E-state index in [1.54, 1.807) is 12.4 Å². The van der Waals surface area contributed by atoms with Crippen molar-refractivity contribution in [2.75, 3.05) is 11.9 Å². The van der Waals surface area contributed by atoms with E-state index in [9.17, 15) is 4.79 Å². The summed E-state index contributed by atoms with van der Waals surface area (Å²) in [6, 6.07) is 16.1. The van der Waals surface area contributed by atoms with Crippen LogP contribution in [0.5, 0.6) is 0 Å². The van der Waals surface area contributed by atoms with Crippen LogP contribution in [0.3, 0.4) is 0 Å². The molecular weight excluding hydrogens is 426 g/mol. The summed E-state index contributed by atoms with van der Waals surface area (Å²) in [7, 11) is 0. The number of anilines is 1. The smallest absolute Gasteiger partial charge is 0.320 e. The van der Waals surface area contributed by atoms with Crippen LogP contribution in [0.1, 0.15) is 31.9 Å². The van der Waals surface area contributed by atoms with Gasteiger partial charge in [0.2, 0.25) is 5.96 Å². The Hall–Kier alpha value is -3.16. The Labute approximate surface area is 193 Å². The fourth-order valence-corrected chi connectivity index (χ4v) is 3.45. The molecule has 2 aromatic carbocycles. The van der Waals surface area contributed by atoms with Gasteiger partial charge in [0.05, 0.1) is 18.4 Å². The number of nitrogens with one attached hydrogen (secondary N) is 1. The molecule has 3 N–H and O–H groups in total. The summed E-state index contributed by atoms with van der Waals surface area (Å²) in [4.78, 5) is 18.9. The van der Waals surface area contributed by atoms with Crippen molar-refractivity contribution in [2.45, 2.75) is 39.5 Å². The van der Waals surface area contributed by atoms with Crippen molar-refractivity contribution in [3.05, 3.63) is 72.1 Å². The van der Waals surface area contributed by atoms with Crippen molar-refractivity contribution in [2.24, 2.45) is 10.2 Å². The first-order chi connectivity index (χ1) is 15.2. The quantitative estimate of drug-likeness (QED) is 0.311. The molecule has 0 aliphatic carbocycles. The van der Waals surface area contributed by atoms with Crippen LogP contribution in [-0.4, -0.2) is 34.0 Å². The summed E-state index contributed by atoms with van der Waals surface area (Å²) < 4.78 is 8.96. The van der Waals surface area contributed by atoms with Gasteiger partial charge in [-0.1, -0.05) is 42.5 Å². The van der Waals surface area contributed by atoms with Crippen molar-refractivity contribution in [1.82, 2.24) is 9.88 Å². The van der Waals surface area contributed by atoms with Crippen molar-refractivity contribution in [3.8, 4) is 0 Å². The molecule has 0 bridgehead atoms. The maximum atomic E-state index is 12.5. The number of pyridine rings is 1. The summed E-state index contributed by atoms with van der Waals surface area (Å²) in [6.45, 7) is 7.00. The molecule has 0 aliphatic rings. The zero-order valence-corrected chi connectivity index (χ0v) is 19.3. The van der Waals surface area contributed by atoms with E-state index in [-0.39, 0.29) is 18.5 Å². The second-order valence-corrected chi connectivity index (χ2v) is 8.72. The van der Waals surface area contributed by atoms with E-state index in [1.807, 2.05) is 63.2 Å². The van der Waals surface area contributed by atoms with Gasteiger partial charge in [-0.3, -0.25) is 14.7 Å². The second kappa shape index (κ2) is 10.4. The van der Waals surface area contributed by atoms with Crippen molar-refractivity contribution in [1.29, 1.82) is 0 Å². The molecule has 1 aromatic heterocycles. The number of nitrogens with zero attached hydrogens (tertiary/aromatic N) is 3. The van der Waals surface area contributed by atoms with Crippen LogP contribution in [0.2, 0.25) is 0 Å². The van der Waals surface area contributed by atoms with Crippen molar-refractivity contribution >= 4 is 40.2 Å². The van der Waals surface area contributed by atoms with Gasteiger partial charge >= 0.3 is 5.97 Å². The fraction of sp³-hybridized carbons (Fsp3) is 0.292. The molecular formula is C24H28ClN5O2. The van der Waals surface area contributed by atoms with E-state index in [4.69, 9.17) is 22.2 Å². The Balaban J connectivity index is 1.83. The molecule has 1 heterocycles. The van der Waals surface area contributed by atoms with E-state index in [0.29, 0.717) is 18.8 Å². The Kier molecular flexibility index (Phi) is 7.66. The summed E-state index contributed by atoms with van der Waals surface area (Å²) in [5.41, 5.74) is 8.05. The molecule has 3 rings (SSSR count). The number of carbonyl (C=O) groups is 1. The van der Waals surface area contributed by atoms with Gasteiger partial charge in [-0.25, -0.2) is 0 Å². The number of rotatable bonds is 7. The van der Waals surface area contributed by atoms with E-state index < -0.39 is 5.60 Å². The second-order valence-electron chi connectivity index (χ2n) is 8.55. The van der Waals surface area contributed by atoms with E-state index in [2.05, 4.69) is 25.8 Å².